The Morgan fingerprint density at radius 1 is 1.23 bits per heavy atom. The van der Waals surface area contributed by atoms with Crippen LogP contribution < -0.4 is 10.1 Å². The Labute approximate surface area is 184 Å². The lowest BCUT2D eigenvalue weighted by molar-refractivity contribution is -0.121. The highest BCUT2D eigenvalue weighted by atomic mass is 16.5. The highest BCUT2D eigenvalue weighted by Gasteiger charge is 2.24. The van der Waals surface area contributed by atoms with E-state index in [0.717, 1.165) is 25.0 Å². The molecule has 1 saturated carbocycles. The van der Waals surface area contributed by atoms with Crippen LogP contribution in [-0.4, -0.2) is 36.1 Å². The van der Waals surface area contributed by atoms with Crippen molar-refractivity contribution in [2.24, 2.45) is 11.8 Å². The predicted octanol–water partition coefficient (Wildman–Crippen LogP) is 4.14. The molecule has 1 aromatic carbocycles. The number of aliphatic hydroxyl groups excluding tert-OH is 1. The molecule has 1 amide bonds. The van der Waals surface area contributed by atoms with Gasteiger partial charge in [-0.1, -0.05) is 48.6 Å². The SMILES string of the molecule is O=C(CCCC=CC[C@H]1C(=O)CC=C1C=C[C@@H](O)COc1ccccc1)NCC1CC1. The predicted molar refractivity (Wildman–Crippen MR) is 122 cm³/mol. The minimum Gasteiger partial charge on any atom is -0.491 e. The third kappa shape index (κ3) is 8.54. The maximum Gasteiger partial charge on any atom is 0.220 e. The molecular formula is C26H33NO4. The van der Waals surface area contributed by atoms with E-state index in [1.54, 1.807) is 6.08 Å². The van der Waals surface area contributed by atoms with Crippen LogP contribution in [0.1, 0.15) is 44.9 Å². The second-order valence-electron chi connectivity index (χ2n) is 8.32. The monoisotopic (exact) mass is 423 g/mol. The quantitative estimate of drug-likeness (QED) is 0.369. The first-order valence-electron chi connectivity index (χ1n) is 11.3. The molecule has 31 heavy (non-hydrogen) atoms. The Bertz CT molecular complexity index is 808. The van der Waals surface area contributed by atoms with Gasteiger partial charge in [-0.2, -0.15) is 0 Å². The fourth-order valence-corrected chi connectivity index (χ4v) is 3.52. The maximum atomic E-state index is 12.2. The molecule has 166 valence electrons. The molecule has 0 aromatic heterocycles. The number of Topliss-reactive ketones (excluding diaryl/α,β-unsaturated/α-hetero) is 1. The van der Waals surface area contributed by atoms with E-state index >= 15 is 0 Å². The van der Waals surface area contributed by atoms with Crippen LogP contribution in [0, 0.1) is 11.8 Å². The molecule has 0 unspecified atom stereocenters. The smallest absolute Gasteiger partial charge is 0.220 e. The summed E-state index contributed by atoms with van der Waals surface area (Å²) in [5.41, 5.74) is 0.952. The average molecular weight is 424 g/mol. The van der Waals surface area contributed by atoms with Crippen LogP contribution in [0.15, 0.2) is 66.3 Å². The second kappa shape index (κ2) is 12.3. The van der Waals surface area contributed by atoms with Crippen molar-refractivity contribution in [3.63, 3.8) is 0 Å². The number of allylic oxidation sites excluding steroid dienone is 5. The first-order valence-corrected chi connectivity index (χ1v) is 11.3. The van der Waals surface area contributed by atoms with Gasteiger partial charge in [0.2, 0.25) is 5.91 Å². The Morgan fingerprint density at radius 2 is 2.03 bits per heavy atom. The summed E-state index contributed by atoms with van der Waals surface area (Å²) in [6.45, 7) is 0.995. The van der Waals surface area contributed by atoms with Gasteiger partial charge in [-0.05, 0) is 55.7 Å². The van der Waals surface area contributed by atoms with E-state index in [1.165, 1.54) is 12.8 Å². The van der Waals surface area contributed by atoms with E-state index in [1.807, 2.05) is 48.6 Å². The summed E-state index contributed by atoms with van der Waals surface area (Å²) < 4.78 is 5.55. The number of benzene rings is 1. The van der Waals surface area contributed by atoms with Crippen LogP contribution >= 0.6 is 0 Å². The molecule has 5 nitrogen and oxygen atoms in total. The van der Waals surface area contributed by atoms with Gasteiger partial charge in [0.1, 0.15) is 24.2 Å². The van der Waals surface area contributed by atoms with Crippen LogP contribution in [0.2, 0.25) is 0 Å². The van der Waals surface area contributed by atoms with Gasteiger partial charge in [0, 0.05) is 25.3 Å². The zero-order valence-electron chi connectivity index (χ0n) is 18.0. The number of hydrogen-bond acceptors (Lipinski definition) is 4. The Balaban J connectivity index is 1.34. The molecule has 0 bridgehead atoms. The normalized spacial score (nSPS) is 19.7. The highest BCUT2D eigenvalue weighted by molar-refractivity contribution is 5.89. The summed E-state index contributed by atoms with van der Waals surface area (Å²) in [4.78, 5) is 24.0. The number of hydrogen-bond donors (Lipinski definition) is 2. The fraction of sp³-hybridized carbons (Fsp3) is 0.462. The van der Waals surface area contributed by atoms with E-state index in [-0.39, 0.29) is 24.2 Å². The Morgan fingerprint density at radius 3 is 2.81 bits per heavy atom. The topological polar surface area (TPSA) is 75.6 Å². The largest absolute Gasteiger partial charge is 0.491 e. The molecule has 0 spiro atoms. The molecule has 0 saturated heterocycles. The van der Waals surface area contributed by atoms with Crippen LogP contribution in [0.4, 0.5) is 0 Å². The Kier molecular flexibility index (Phi) is 9.10. The summed E-state index contributed by atoms with van der Waals surface area (Å²) in [5, 5.41) is 13.1. The molecular weight excluding hydrogens is 390 g/mol. The van der Waals surface area contributed by atoms with Gasteiger partial charge < -0.3 is 15.2 Å². The van der Waals surface area contributed by atoms with Crippen LogP contribution in [0.25, 0.3) is 0 Å². The van der Waals surface area contributed by atoms with Gasteiger partial charge in [-0.15, -0.1) is 0 Å². The van der Waals surface area contributed by atoms with E-state index < -0.39 is 6.10 Å². The third-order valence-electron chi connectivity index (χ3n) is 5.60. The number of ketones is 1. The second-order valence-corrected chi connectivity index (χ2v) is 8.32. The number of nitrogens with one attached hydrogen (secondary N) is 1. The molecule has 3 rings (SSSR count). The van der Waals surface area contributed by atoms with Crippen molar-refractivity contribution in [3.8, 4) is 5.75 Å². The molecule has 5 heteroatoms. The van der Waals surface area contributed by atoms with Gasteiger partial charge in [-0.25, -0.2) is 0 Å². The van der Waals surface area contributed by atoms with Crippen molar-refractivity contribution >= 4 is 11.7 Å². The highest BCUT2D eigenvalue weighted by Crippen LogP contribution is 2.28. The lowest BCUT2D eigenvalue weighted by Crippen LogP contribution is -2.24. The molecule has 0 heterocycles. The molecule has 2 aliphatic rings. The summed E-state index contributed by atoms with van der Waals surface area (Å²) in [6, 6.07) is 9.37. The summed E-state index contributed by atoms with van der Waals surface area (Å²) in [6.07, 6.45) is 14.6. The summed E-state index contributed by atoms with van der Waals surface area (Å²) >= 11 is 0. The van der Waals surface area contributed by atoms with E-state index in [4.69, 9.17) is 4.74 Å². The molecule has 1 aromatic rings. The van der Waals surface area contributed by atoms with Crippen molar-refractivity contribution in [2.45, 2.75) is 51.0 Å². The number of unbranched alkanes of at least 4 members (excludes halogenated alkanes) is 1. The number of ether oxygens (including phenoxy) is 1. The number of para-hydroxylation sites is 1. The number of rotatable bonds is 13. The van der Waals surface area contributed by atoms with Gasteiger partial charge >= 0.3 is 0 Å². The van der Waals surface area contributed by atoms with Gasteiger partial charge in [-0.3, -0.25) is 9.59 Å². The number of aliphatic hydroxyl groups is 1. The third-order valence-corrected chi connectivity index (χ3v) is 5.60. The van der Waals surface area contributed by atoms with E-state index in [9.17, 15) is 14.7 Å². The van der Waals surface area contributed by atoms with Crippen molar-refractivity contribution < 1.29 is 19.4 Å². The van der Waals surface area contributed by atoms with Crippen LogP contribution in [0.3, 0.4) is 0 Å². The number of carbonyl (C=O) groups is 2. The molecule has 0 aliphatic heterocycles. The van der Waals surface area contributed by atoms with Gasteiger partial charge in [0.25, 0.3) is 0 Å². The number of amides is 1. The van der Waals surface area contributed by atoms with Crippen molar-refractivity contribution in [3.05, 3.63) is 66.3 Å². The molecule has 2 N–H and O–H groups in total. The first kappa shape index (κ1) is 23.0. The molecule has 2 atom stereocenters. The lowest BCUT2D eigenvalue weighted by atomic mass is 9.95. The first-order chi connectivity index (χ1) is 15.1. The minimum absolute atomic E-state index is 0.136. The average Bonchev–Trinajstić information content (AvgIpc) is 3.55. The van der Waals surface area contributed by atoms with Gasteiger partial charge in [0.15, 0.2) is 0 Å². The van der Waals surface area contributed by atoms with Crippen molar-refractivity contribution in [1.82, 2.24) is 5.32 Å². The van der Waals surface area contributed by atoms with Crippen LogP contribution in [-0.2, 0) is 9.59 Å². The lowest BCUT2D eigenvalue weighted by Gasteiger charge is -2.11. The van der Waals surface area contributed by atoms with Crippen molar-refractivity contribution in [1.29, 1.82) is 0 Å². The zero-order valence-corrected chi connectivity index (χ0v) is 18.0. The van der Waals surface area contributed by atoms with E-state index in [0.29, 0.717) is 30.9 Å². The van der Waals surface area contributed by atoms with E-state index in [2.05, 4.69) is 11.4 Å². The summed E-state index contributed by atoms with van der Waals surface area (Å²) in [7, 11) is 0. The standard InChI is InChI=1S/C26H33NO4/c28-22(19-31-23-8-4-3-5-9-23)16-14-21-15-17-25(29)24(21)10-6-1-2-7-11-26(30)27-18-20-12-13-20/h1,3-6,8-9,14-16,20,22,24,28H,2,7,10-13,17-19H2,(H,27,30)/t22-,24-/m1/s1. The van der Waals surface area contributed by atoms with Crippen molar-refractivity contribution in [2.75, 3.05) is 13.2 Å². The minimum atomic E-state index is -0.737. The Hall–Kier alpha value is -2.66. The number of carbonyl (C=O) groups excluding carboxylic acids is 2. The molecule has 2 aliphatic carbocycles. The van der Waals surface area contributed by atoms with Crippen LogP contribution in [0.5, 0.6) is 5.75 Å². The summed E-state index contributed by atoms with van der Waals surface area (Å²) in [5.74, 6) is 1.61. The van der Waals surface area contributed by atoms with Gasteiger partial charge in [0.05, 0.1) is 0 Å². The maximum absolute atomic E-state index is 12.2. The zero-order chi connectivity index (χ0) is 21.9. The fourth-order valence-electron chi connectivity index (χ4n) is 3.52. The molecule has 1 fully saturated rings. The molecule has 0 radical (unpaired) electrons.